The third kappa shape index (κ3) is 18.7. The molecule has 0 saturated heterocycles. The van der Waals surface area contributed by atoms with Crippen molar-refractivity contribution in [1.29, 1.82) is 0 Å². The molecule has 0 aliphatic rings. The van der Waals surface area contributed by atoms with Gasteiger partial charge in [-0.1, -0.05) is 175 Å². The number of hydrogen-bond donors (Lipinski definition) is 3. The Morgan fingerprint density at radius 1 is 0.378 bits per heavy atom. The van der Waals surface area contributed by atoms with Gasteiger partial charge in [0, 0.05) is 19.3 Å². The number of hydrogen-bond acceptors (Lipinski definition) is 6. The maximum absolute atomic E-state index is 13.4. The van der Waals surface area contributed by atoms with Gasteiger partial charge in [0.2, 0.25) is 5.60 Å². The topological polar surface area (TPSA) is 112 Å². The molecule has 6 nitrogen and oxygen atoms in total. The smallest absolute Gasteiger partial charge is 0.219 e. The molecular formula is C39H74O6. The number of unbranched alkanes of at least 4 members (excludes halogenated alkanes) is 24. The van der Waals surface area contributed by atoms with Gasteiger partial charge in [0.25, 0.3) is 0 Å². The SMILES string of the molecule is CCCCCCCCCCCCCCCC(=O)C(O)(C(=O)CCCCCCCCCCCCCCC)C(O)(CO)C(=O)CCC. The number of ketones is 3. The van der Waals surface area contributed by atoms with Crippen LogP contribution in [-0.4, -0.2) is 50.5 Å². The monoisotopic (exact) mass is 639 g/mol. The number of aliphatic hydroxyl groups is 3. The molecule has 0 fully saturated rings. The lowest BCUT2D eigenvalue weighted by atomic mass is 9.71. The normalized spacial score (nSPS) is 13.2. The summed E-state index contributed by atoms with van der Waals surface area (Å²) in [6.07, 6.45) is 29.8. The molecule has 1 atom stereocenters. The third-order valence-corrected chi connectivity index (χ3v) is 9.59. The first-order valence-corrected chi connectivity index (χ1v) is 19.4. The molecule has 6 heteroatoms. The van der Waals surface area contributed by atoms with E-state index in [0.717, 1.165) is 38.5 Å². The zero-order chi connectivity index (χ0) is 33.7. The van der Waals surface area contributed by atoms with Crippen LogP contribution >= 0.6 is 0 Å². The van der Waals surface area contributed by atoms with Gasteiger partial charge in [-0.3, -0.25) is 14.4 Å². The van der Waals surface area contributed by atoms with E-state index in [2.05, 4.69) is 13.8 Å². The van der Waals surface area contributed by atoms with Crippen molar-refractivity contribution in [3.05, 3.63) is 0 Å². The first kappa shape index (κ1) is 43.9. The molecule has 0 aliphatic heterocycles. The summed E-state index contributed by atoms with van der Waals surface area (Å²) < 4.78 is 0. The molecule has 0 aliphatic carbocycles. The molecule has 0 bridgehead atoms. The number of carbonyl (C=O) groups excluding carboxylic acids is 3. The summed E-state index contributed by atoms with van der Waals surface area (Å²) in [5.74, 6) is -2.54. The highest BCUT2D eigenvalue weighted by Gasteiger charge is 2.62. The number of Topliss-reactive ketones (excluding diaryl/α,β-unsaturated/α-hetero) is 3. The molecule has 3 N–H and O–H groups in total. The standard InChI is InChI=1S/C39H74O6/c1-4-7-9-11-13-15-17-19-21-23-25-27-29-32-36(42)39(45,38(44,34-40)35(41)31-6-3)37(43)33-30-28-26-24-22-20-18-16-14-12-10-8-5-2/h40,44-45H,4-34H2,1-3H3. The average molecular weight is 639 g/mol. The van der Waals surface area contributed by atoms with Gasteiger partial charge >= 0.3 is 0 Å². The first-order chi connectivity index (χ1) is 21.8. The van der Waals surface area contributed by atoms with E-state index in [1.54, 1.807) is 6.92 Å². The van der Waals surface area contributed by atoms with Crippen LogP contribution in [0.4, 0.5) is 0 Å². The van der Waals surface area contributed by atoms with E-state index in [4.69, 9.17) is 0 Å². The minimum absolute atomic E-state index is 0.0969. The van der Waals surface area contributed by atoms with Crippen LogP contribution in [0.5, 0.6) is 0 Å². The lowest BCUT2D eigenvalue weighted by Gasteiger charge is -2.39. The maximum atomic E-state index is 13.4. The van der Waals surface area contributed by atoms with Crippen molar-refractivity contribution in [2.75, 3.05) is 6.61 Å². The lowest BCUT2D eigenvalue weighted by Crippen LogP contribution is -2.69. The predicted molar refractivity (Wildman–Crippen MR) is 188 cm³/mol. The van der Waals surface area contributed by atoms with E-state index >= 15 is 0 Å². The largest absolute Gasteiger partial charge is 0.393 e. The Bertz CT molecular complexity index is 693. The lowest BCUT2D eigenvalue weighted by molar-refractivity contribution is -0.194. The fourth-order valence-electron chi connectivity index (χ4n) is 6.42. The maximum Gasteiger partial charge on any atom is 0.219 e. The molecule has 0 rings (SSSR count). The number of carbonyl (C=O) groups is 3. The van der Waals surface area contributed by atoms with Crippen LogP contribution in [0.25, 0.3) is 0 Å². The molecule has 1 unspecified atom stereocenters. The Labute approximate surface area is 277 Å². The molecule has 0 aromatic carbocycles. The Morgan fingerprint density at radius 3 is 0.889 bits per heavy atom. The summed E-state index contributed by atoms with van der Waals surface area (Å²) in [5.41, 5.74) is -5.70. The second-order valence-corrected chi connectivity index (χ2v) is 13.7. The predicted octanol–water partition coefficient (Wildman–Crippen LogP) is 9.91. The summed E-state index contributed by atoms with van der Waals surface area (Å²) in [4.78, 5) is 39.6. The molecular weight excluding hydrogens is 564 g/mol. The Hall–Kier alpha value is -1.11. The van der Waals surface area contributed by atoms with Gasteiger partial charge < -0.3 is 15.3 Å². The number of aliphatic hydroxyl groups excluding tert-OH is 1. The van der Waals surface area contributed by atoms with Crippen LogP contribution in [0.1, 0.15) is 213 Å². The molecule has 266 valence electrons. The Balaban J connectivity index is 4.63. The van der Waals surface area contributed by atoms with Gasteiger partial charge in [0.1, 0.15) is 0 Å². The van der Waals surface area contributed by atoms with Crippen LogP contribution in [0.3, 0.4) is 0 Å². The van der Waals surface area contributed by atoms with Gasteiger partial charge in [0.15, 0.2) is 23.0 Å². The Morgan fingerprint density at radius 2 is 0.644 bits per heavy atom. The first-order valence-electron chi connectivity index (χ1n) is 19.4. The second-order valence-electron chi connectivity index (χ2n) is 13.7. The molecule has 0 spiro atoms. The van der Waals surface area contributed by atoms with Crippen LogP contribution in [0.15, 0.2) is 0 Å². The highest BCUT2D eigenvalue weighted by atomic mass is 16.4. The summed E-state index contributed by atoms with van der Waals surface area (Å²) >= 11 is 0. The van der Waals surface area contributed by atoms with Gasteiger partial charge in [0.05, 0.1) is 6.61 Å². The fourth-order valence-corrected chi connectivity index (χ4v) is 6.42. The fraction of sp³-hybridized carbons (Fsp3) is 0.923. The van der Waals surface area contributed by atoms with Gasteiger partial charge in [-0.25, -0.2) is 0 Å². The second kappa shape index (κ2) is 29.1. The van der Waals surface area contributed by atoms with E-state index < -0.39 is 35.2 Å². The molecule has 45 heavy (non-hydrogen) atoms. The van der Waals surface area contributed by atoms with Crippen LogP contribution in [0.2, 0.25) is 0 Å². The molecule has 0 saturated carbocycles. The van der Waals surface area contributed by atoms with Crippen molar-refractivity contribution in [2.45, 2.75) is 225 Å². The minimum atomic E-state index is -2.90. The van der Waals surface area contributed by atoms with E-state index in [1.807, 2.05) is 0 Å². The average Bonchev–Trinajstić information content (AvgIpc) is 3.04. The zero-order valence-corrected chi connectivity index (χ0v) is 30.0. The molecule has 0 heterocycles. The molecule has 0 aromatic rings. The van der Waals surface area contributed by atoms with E-state index in [-0.39, 0.29) is 19.3 Å². The highest BCUT2D eigenvalue weighted by molar-refractivity contribution is 6.16. The Kier molecular flexibility index (Phi) is 28.3. The van der Waals surface area contributed by atoms with Crippen molar-refractivity contribution in [3.8, 4) is 0 Å². The number of rotatable bonds is 35. The summed E-state index contributed by atoms with van der Waals surface area (Å²) in [6, 6.07) is 0. The van der Waals surface area contributed by atoms with Crippen molar-refractivity contribution in [3.63, 3.8) is 0 Å². The summed E-state index contributed by atoms with van der Waals surface area (Å²) in [6.45, 7) is 5.05. The zero-order valence-electron chi connectivity index (χ0n) is 30.0. The highest BCUT2D eigenvalue weighted by Crippen LogP contribution is 2.31. The van der Waals surface area contributed by atoms with Crippen LogP contribution < -0.4 is 0 Å². The quantitative estimate of drug-likeness (QED) is 0.0470. The van der Waals surface area contributed by atoms with Gasteiger partial charge in [-0.2, -0.15) is 0 Å². The molecule has 0 amide bonds. The van der Waals surface area contributed by atoms with Crippen LogP contribution in [-0.2, 0) is 14.4 Å². The molecule has 0 aromatic heterocycles. The summed E-state index contributed by atoms with van der Waals surface area (Å²) in [7, 11) is 0. The van der Waals surface area contributed by atoms with Gasteiger partial charge in [-0.15, -0.1) is 0 Å². The summed E-state index contributed by atoms with van der Waals surface area (Å²) in [5, 5.41) is 32.8. The third-order valence-electron chi connectivity index (χ3n) is 9.59. The van der Waals surface area contributed by atoms with E-state index in [9.17, 15) is 29.7 Å². The van der Waals surface area contributed by atoms with Gasteiger partial charge in [-0.05, 0) is 19.3 Å². The van der Waals surface area contributed by atoms with Crippen molar-refractivity contribution < 1.29 is 29.7 Å². The van der Waals surface area contributed by atoms with Crippen molar-refractivity contribution >= 4 is 17.3 Å². The minimum Gasteiger partial charge on any atom is -0.393 e. The van der Waals surface area contributed by atoms with Crippen molar-refractivity contribution in [1.82, 2.24) is 0 Å². The van der Waals surface area contributed by atoms with E-state index in [1.165, 1.54) is 116 Å². The van der Waals surface area contributed by atoms with Crippen LogP contribution in [0, 0.1) is 0 Å². The molecule has 0 radical (unpaired) electrons. The van der Waals surface area contributed by atoms with Crippen molar-refractivity contribution in [2.24, 2.45) is 0 Å². The van der Waals surface area contributed by atoms with E-state index in [0.29, 0.717) is 19.3 Å².